The molecule has 2 heteroatoms. The summed E-state index contributed by atoms with van der Waals surface area (Å²) in [5, 5.41) is 2.39. The van der Waals surface area contributed by atoms with Gasteiger partial charge in [0.05, 0.1) is 0 Å². The summed E-state index contributed by atoms with van der Waals surface area (Å²) in [6, 6.07) is 75.8. The van der Waals surface area contributed by atoms with Crippen molar-refractivity contribution in [2.45, 2.75) is 0 Å². The van der Waals surface area contributed by atoms with Gasteiger partial charge in [0.15, 0.2) is 0 Å². The molecule has 0 spiro atoms. The first-order chi connectivity index (χ1) is 26.8. The maximum atomic E-state index is 6.93. The normalized spacial score (nSPS) is 11.5. The van der Waals surface area contributed by atoms with Crippen molar-refractivity contribution in [1.29, 1.82) is 0 Å². The van der Waals surface area contributed by atoms with E-state index >= 15 is 0 Å². The third-order valence-corrected chi connectivity index (χ3v) is 10.5. The lowest BCUT2D eigenvalue weighted by atomic mass is 9.87. The summed E-state index contributed by atoms with van der Waals surface area (Å²) in [6.45, 7) is 0. The molecule has 9 aromatic carbocycles. The summed E-state index contributed by atoms with van der Waals surface area (Å²) in [7, 11) is 0. The second-order valence-corrected chi connectivity index (χ2v) is 13.7. The van der Waals surface area contributed by atoms with Gasteiger partial charge >= 0.3 is 0 Å². The number of fused-ring (bicyclic) bond motifs is 6. The van der Waals surface area contributed by atoms with Crippen LogP contribution in [0.25, 0.3) is 66.4 Å². The molecule has 254 valence electrons. The van der Waals surface area contributed by atoms with E-state index in [-0.39, 0.29) is 0 Å². The van der Waals surface area contributed by atoms with E-state index in [1.165, 1.54) is 33.0 Å². The number of hydrogen-bond acceptors (Lipinski definition) is 2. The second-order valence-electron chi connectivity index (χ2n) is 13.7. The molecule has 1 heterocycles. The fourth-order valence-corrected chi connectivity index (χ4v) is 7.81. The van der Waals surface area contributed by atoms with Crippen LogP contribution >= 0.6 is 0 Å². The van der Waals surface area contributed by atoms with Crippen LogP contribution in [0.5, 0.6) is 11.5 Å². The molecule has 0 fully saturated rings. The smallest absolute Gasteiger partial charge is 0.135 e. The average Bonchev–Trinajstić information content (AvgIpc) is 3.38. The van der Waals surface area contributed by atoms with Crippen molar-refractivity contribution in [3.8, 4) is 67.1 Å². The standard InChI is InChI=1S/C52H35NO/c1-4-13-36(14-5-1)38-23-27-43(28-24-38)53(44-29-25-39(26-30-44)37-15-6-2-7-16-37)45-31-32-50-48(35-45)47-33-41-19-10-11-20-42(41)34-49(47)52-46(21-12-22-51(52)54-50)40-17-8-3-9-18-40/h1-35H. The third kappa shape index (κ3) is 5.71. The van der Waals surface area contributed by atoms with Crippen molar-refractivity contribution in [3.05, 3.63) is 212 Å². The summed E-state index contributed by atoms with van der Waals surface area (Å²) in [4.78, 5) is 2.35. The Morgan fingerprint density at radius 1 is 0.278 bits per heavy atom. The molecule has 0 radical (unpaired) electrons. The van der Waals surface area contributed by atoms with Crippen LogP contribution in [0, 0.1) is 0 Å². The lowest BCUT2D eigenvalue weighted by molar-refractivity contribution is 0.488. The minimum Gasteiger partial charge on any atom is -0.456 e. The highest BCUT2D eigenvalue weighted by molar-refractivity contribution is 6.04. The first-order valence-corrected chi connectivity index (χ1v) is 18.4. The van der Waals surface area contributed by atoms with Crippen molar-refractivity contribution in [2.24, 2.45) is 0 Å². The van der Waals surface area contributed by atoms with E-state index < -0.39 is 0 Å². The quantitative estimate of drug-likeness (QED) is 0.172. The van der Waals surface area contributed by atoms with Gasteiger partial charge in [-0.3, -0.25) is 0 Å². The predicted molar refractivity (Wildman–Crippen MR) is 226 cm³/mol. The molecule has 0 amide bonds. The molecule has 0 saturated carbocycles. The number of benzene rings is 9. The Hall–Kier alpha value is -7.16. The average molecular weight is 690 g/mol. The molecule has 0 atom stereocenters. The van der Waals surface area contributed by atoms with Gasteiger partial charge in [-0.2, -0.15) is 0 Å². The molecule has 10 rings (SSSR count). The Morgan fingerprint density at radius 2 is 0.759 bits per heavy atom. The zero-order valence-electron chi connectivity index (χ0n) is 29.6. The summed E-state index contributed by atoms with van der Waals surface area (Å²) in [5.74, 6) is 1.68. The van der Waals surface area contributed by atoms with E-state index in [0.717, 1.165) is 61.9 Å². The Balaban J connectivity index is 1.16. The van der Waals surface area contributed by atoms with Crippen molar-refractivity contribution in [3.63, 3.8) is 0 Å². The molecular weight excluding hydrogens is 655 g/mol. The fourth-order valence-electron chi connectivity index (χ4n) is 7.81. The molecule has 1 aliphatic heterocycles. The molecule has 0 bridgehead atoms. The van der Waals surface area contributed by atoms with Gasteiger partial charge < -0.3 is 9.64 Å². The molecule has 0 N–H and O–H groups in total. The molecule has 0 aromatic heterocycles. The van der Waals surface area contributed by atoms with E-state index in [2.05, 4.69) is 217 Å². The number of hydrogen-bond donors (Lipinski definition) is 0. The first-order valence-electron chi connectivity index (χ1n) is 18.4. The number of rotatable bonds is 6. The highest BCUT2D eigenvalue weighted by Crippen LogP contribution is 2.52. The van der Waals surface area contributed by atoms with Crippen molar-refractivity contribution in [2.75, 3.05) is 4.90 Å². The zero-order valence-corrected chi connectivity index (χ0v) is 29.6. The monoisotopic (exact) mass is 689 g/mol. The van der Waals surface area contributed by atoms with Gasteiger partial charge in [0.1, 0.15) is 11.5 Å². The van der Waals surface area contributed by atoms with Crippen molar-refractivity contribution in [1.82, 2.24) is 0 Å². The van der Waals surface area contributed by atoms with Crippen molar-refractivity contribution >= 4 is 27.8 Å². The van der Waals surface area contributed by atoms with Crippen LogP contribution in [-0.2, 0) is 0 Å². The van der Waals surface area contributed by atoms with Gasteiger partial charge in [0, 0.05) is 28.2 Å². The SMILES string of the molecule is c1ccc(-c2ccc(N(c3ccc(-c4ccccc4)cc3)c3ccc4c(c3)-c3cc5ccccc5cc3-c3c(cccc3-c3ccccc3)O4)cc2)cc1. The summed E-state index contributed by atoms with van der Waals surface area (Å²) in [5.41, 5.74) is 14.7. The molecule has 9 aromatic rings. The van der Waals surface area contributed by atoms with Gasteiger partial charge in [-0.1, -0.05) is 152 Å². The van der Waals surface area contributed by atoms with Crippen LogP contribution in [-0.4, -0.2) is 0 Å². The zero-order chi connectivity index (χ0) is 35.8. The lowest BCUT2D eigenvalue weighted by Gasteiger charge is -2.27. The molecule has 54 heavy (non-hydrogen) atoms. The Labute approximate surface area is 315 Å². The molecule has 0 saturated heterocycles. The Morgan fingerprint density at radius 3 is 1.33 bits per heavy atom. The maximum absolute atomic E-state index is 6.93. The molecular formula is C52H35NO. The summed E-state index contributed by atoms with van der Waals surface area (Å²) in [6.07, 6.45) is 0. The number of anilines is 3. The van der Waals surface area contributed by atoms with Gasteiger partial charge in [-0.05, 0) is 116 Å². The lowest BCUT2D eigenvalue weighted by Crippen LogP contribution is -2.10. The minimum absolute atomic E-state index is 0.832. The Kier molecular flexibility index (Phi) is 7.85. The second kappa shape index (κ2) is 13.4. The van der Waals surface area contributed by atoms with Gasteiger partial charge in [0.25, 0.3) is 0 Å². The van der Waals surface area contributed by atoms with Crippen LogP contribution < -0.4 is 9.64 Å². The topological polar surface area (TPSA) is 12.5 Å². The number of ether oxygens (including phenoxy) is 1. The van der Waals surface area contributed by atoms with E-state index in [4.69, 9.17) is 4.74 Å². The van der Waals surface area contributed by atoms with E-state index in [1.54, 1.807) is 0 Å². The van der Waals surface area contributed by atoms with Crippen LogP contribution in [0.1, 0.15) is 0 Å². The summed E-state index contributed by atoms with van der Waals surface area (Å²) < 4.78 is 6.93. The maximum Gasteiger partial charge on any atom is 0.135 e. The fraction of sp³-hybridized carbons (Fsp3) is 0. The highest BCUT2D eigenvalue weighted by atomic mass is 16.5. The van der Waals surface area contributed by atoms with Gasteiger partial charge in [-0.25, -0.2) is 0 Å². The van der Waals surface area contributed by atoms with Crippen LogP contribution in [0.2, 0.25) is 0 Å². The predicted octanol–water partition coefficient (Wildman–Crippen LogP) is 14.8. The molecule has 1 aliphatic rings. The molecule has 0 unspecified atom stereocenters. The largest absolute Gasteiger partial charge is 0.456 e. The van der Waals surface area contributed by atoms with E-state index in [9.17, 15) is 0 Å². The number of nitrogens with zero attached hydrogens (tertiary/aromatic N) is 1. The van der Waals surface area contributed by atoms with Crippen LogP contribution in [0.3, 0.4) is 0 Å². The molecule has 0 aliphatic carbocycles. The van der Waals surface area contributed by atoms with Crippen molar-refractivity contribution < 1.29 is 4.74 Å². The van der Waals surface area contributed by atoms with Crippen LogP contribution in [0.4, 0.5) is 17.1 Å². The highest BCUT2D eigenvalue weighted by Gasteiger charge is 2.26. The van der Waals surface area contributed by atoms with Crippen LogP contribution in [0.15, 0.2) is 212 Å². The molecule has 2 nitrogen and oxygen atoms in total. The van der Waals surface area contributed by atoms with Gasteiger partial charge in [-0.15, -0.1) is 0 Å². The van der Waals surface area contributed by atoms with E-state index in [0.29, 0.717) is 0 Å². The van der Waals surface area contributed by atoms with Gasteiger partial charge in [0.2, 0.25) is 0 Å². The third-order valence-electron chi connectivity index (χ3n) is 10.5. The first kappa shape index (κ1) is 31.6. The Bertz CT molecular complexity index is 2670. The van der Waals surface area contributed by atoms with E-state index in [1.807, 2.05) is 0 Å². The minimum atomic E-state index is 0.832. The summed E-state index contributed by atoms with van der Waals surface area (Å²) >= 11 is 0.